The first-order valence-electron chi connectivity index (χ1n) is 4.88. The molecule has 0 aliphatic carbocycles. The van der Waals surface area contributed by atoms with E-state index in [2.05, 4.69) is 0 Å². The van der Waals surface area contributed by atoms with Gasteiger partial charge in [-0.15, -0.1) is 5.23 Å². The van der Waals surface area contributed by atoms with Gasteiger partial charge in [0.2, 0.25) is 0 Å². The highest BCUT2D eigenvalue weighted by atomic mass is 16.9. The average Bonchev–Trinajstić information content (AvgIpc) is 2.32. The highest BCUT2D eigenvalue weighted by Gasteiger charge is 2.08. The summed E-state index contributed by atoms with van der Waals surface area (Å²) in [5.74, 6) is -0.338. The van der Waals surface area contributed by atoms with Crippen molar-refractivity contribution in [1.29, 1.82) is 0 Å². The number of hydrogen-bond acceptors (Lipinski definition) is 5. The van der Waals surface area contributed by atoms with Crippen LogP contribution in [0.15, 0.2) is 24.3 Å². The molecule has 0 heterocycles. The predicted octanol–water partition coefficient (Wildman–Crippen LogP) is 1.79. The number of carbonyl (C=O) groups is 1. The molecule has 5 nitrogen and oxygen atoms in total. The third-order valence-electron chi connectivity index (χ3n) is 1.92. The van der Waals surface area contributed by atoms with Crippen molar-refractivity contribution < 1.29 is 19.2 Å². The van der Waals surface area contributed by atoms with Gasteiger partial charge in [-0.05, 0) is 31.2 Å². The minimum Gasteiger partial charge on any atom is -0.462 e. The van der Waals surface area contributed by atoms with Gasteiger partial charge in [0.15, 0.2) is 0 Å². The highest BCUT2D eigenvalue weighted by molar-refractivity contribution is 5.89. The average molecular weight is 225 g/mol. The lowest BCUT2D eigenvalue weighted by Crippen LogP contribution is -2.19. The van der Waals surface area contributed by atoms with E-state index >= 15 is 0 Å². The van der Waals surface area contributed by atoms with Crippen molar-refractivity contribution in [2.75, 3.05) is 26.1 Å². The molecule has 0 unspecified atom stereocenters. The molecule has 16 heavy (non-hydrogen) atoms. The van der Waals surface area contributed by atoms with Gasteiger partial charge in [-0.25, -0.2) is 4.79 Å². The Bertz CT molecular complexity index is 332. The summed E-state index contributed by atoms with van der Waals surface area (Å²) < 4.78 is 4.87. The number of anilines is 1. The van der Waals surface area contributed by atoms with Crippen LogP contribution in [0, 0.1) is 0 Å². The Balaban J connectivity index is 2.78. The van der Waals surface area contributed by atoms with E-state index in [9.17, 15) is 4.79 Å². The Kier molecular flexibility index (Phi) is 4.75. The molecular formula is C11H15NO4. The minimum absolute atomic E-state index is 0.338. The van der Waals surface area contributed by atoms with Gasteiger partial charge in [0.1, 0.15) is 0 Å². The second-order valence-electron chi connectivity index (χ2n) is 2.89. The van der Waals surface area contributed by atoms with Gasteiger partial charge in [0.25, 0.3) is 0 Å². The summed E-state index contributed by atoms with van der Waals surface area (Å²) in [5, 5.41) is 1.23. The first kappa shape index (κ1) is 12.5. The quantitative estimate of drug-likeness (QED) is 0.564. The molecule has 1 rings (SSSR count). The van der Waals surface area contributed by atoms with E-state index in [0.29, 0.717) is 17.9 Å². The molecule has 0 atom stereocenters. The van der Waals surface area contributed by atoms with Gasteiger partial charge in [-0.2, -0.15) is 0 Å². The molecule has 1 aromatic rings. The van der Waals surface area contributed by atoms with Gasteiger partial charge >= 0.3 is 5.97 Å². The minimum atomic E-state index is -0.338. The number of hydrogen-bond donors (Lipinski definition) is 0. The summed E-state index contributed by atoms with van der Waals surface area (Å²) in [6.45, 7) is 2.13. The van der Waals surface area contributed by atoms with Crippen molar-refractivity contribution in [3.8, 4) is 0 Å². The molecule has 0 aromatic heterocycles. The Hall–Kier alpha value is -1.59. The Morgan fingerprint density at radius 2 is 1.75 bits per heavy atom. The normalized spacial score (nSPS) is 9.94. The van der Waals surface area contributed by atoms with E-state index in [1.54, 1.807) is 31.2 Å². The van der Waals surface area contributed by atoms with Gasteiger partial charge < -0.3 is 4.74 Å². The van der Waals surface area contributed by atoms with Crippen molar-refractivity contribution in [2.24, 2.45) is 0 Å². The molecule has 0 aliphatic heterocycles. The Morgan fingerprint density at radius 1 is 1.19 bits per heavy atom. The maximum Gasteiger partial charge on any atom is 0.338 e. The van der Waals surface area contributed by atoms with Crippen molar-refractivity contribution >= 4 is 11.7 Å². The molecule has 0 N–H and O–H groups in total. The number of benzene rings is 1. The van der Waals surface area contributed by atoms with Gasteiger partial charge in [-0.3, -0.25) is 9.68 Å². The van der Waals surface area contributed by atoms with Crippen LogP contribution >= 0.6 is 0 Å². The van der Waals surface area contributed by atoms with Gasteiger partial charge in [-0.1, -0.05) is 0 Å². The largest absolute Gasteiger partial charge is 0.462 e. The summed E-state index contributed by atoms with van der Waals surface area (Å²) in [6.07, 6.45) is 0. The van der Waals surface area contributed by atoms with E-state index in [1.807, 2.05) is 0 Å². The fourth-order valence-corrected chi connectivity index (χ4v) is 1.22. The van der Waals surface area contributed by atoms with Crippen molar-refractivity contribution in [3.63, 3.8) is 0 Å². The highest BCUT2D eigenvalue weighted by Crippen LogP contribution is 2.15. The molecule has 0 saturated heterocycles. The third kappa shape index (κ3) is 2.95. The Labute approximate surface area is 94.4 Å². The van der Waals surface area contributed by atoms with Crippen LogP contribution in [0.3, 0.4) is 0 Å². The number of carbonyl (C=O) groups excluding carboxylic acids is 1. The topological polar surface area (TPSA) is 48.0 Å². The first-order valence-corrected chi connectivity index (χ1v) is 4.88. The van der Waals surface area contributed by atoms with E-state index < -0.39 is 0 Å². The zero-order valence-corrected chi connectivity index (χ0v) is 9.60. The second-order valence-corrected chi connectivity index (χ2v) is 2.89. The van der Waals surface area contributed by atoms with Crippen LogP contribution in [0.1, 0.15) is 17.3 Å². The molecule has 5 heteroatoms. The zero-order chi connectivity index (χ0) is 12.0. The summed E-state index contributed by atoms with van der Waals surface area (Å²) in [6, 6.07) is 6.72. The van der Waals surface area contributed by atoms with Crippen LogP contribution in [0.5, 0.6) is 0 Å². The second kappa shape index (κ2) is 6.09. The standard InChI is InChI=1S/C11H15NO4/c1-4-16-11(13)9-5-7-10(8-6-9)12(14-2)15-3/h5-8H,4H2,1-3H3. The number of esters is 1. The summed E-state index contributed by atoms with van der Waals surface area (Å²) in [5.41, 5.74) is 1.19. The first-order chi connectivity index (χ1) is 7.72. The van der Waals surface area contributed by atoms with Crippen LogP contribution < -0.4 is 5.23 Å². The van der Waals surface area contributed by atoms with E-state index in [1.165, 1.54) is 19.4 Å². The maximum atomic E-state index is 11.4. The molecule has 0 amide bonds. The van der Waals surface area contributed by atoms with Crippen LogP contribution in [-0.2, 0) is 14.4 Å². The molecule has 0 radical (unpaired) electrons. The smallest absolute Gasteiger partial charge is 0.338 e. The third-order valence-corrected chi connectivity index (χ3v) is 1.92. The predicted molar refractivity (Wildman–Crippen MR) is 58.9 cm³/mol. The van der Waals surface area contributed by atoms with Crippen LogP contribution in [-0.4, -0.2) is 26.8 Å². The fourth-order valence-electron chi connectivity index (χ4n) is 1.22. The van der Waals surface area contributed by atoms with E-state index in [-0.39, 0.29) is 5.97 Å². The van der Waals surface area contributed by atoms with Crippen molar-refractivity contribution in [2.45, 2.75) is 6.92 Å². The van der Waals surface area contributed by atoms with Gasteiger partial charge in [0.05, 0.1) is 32.1 Å². The molecule has 1 aromatic carbocycles. The summed E-state index contributed by atoms with van der Waals surface area (Å²) in [7, 11) is 2.98. The molecule has 0 bridgehead atoms. The van der Waals surface area contributed by atoms with Crippen LogP contribution in [0.2, 0.25) is 0 Å². The molecule has 0 fully saturated rings. The summed E-state index contributed by atoms with van der Waals surface area (Å²) in [4.78, 5) is 21.2. The number of rotatable bonds is 5. The molecule has 0 aliphatic rings. The van der Waals surface area contributed by atoms with E-state index in [0.717, 1.165) is 0 Å². The fraction of sp³-hybridized carbons (Fsp3) is 0.364. The van der Waals surface area contributed by atoms with Crippen LogP contribution in [0.4, 0.5) is 5.69 Å². The monoisotopic (exact) mass is 225 g/mol. The lowest BCUT2D eigenvalue weighted by Gasteiger charge is -2.17. The molecule has 88 valence electrons. The maximum absolute atomic E-state index is 11.4. The van der Waals surface area contributed by atoms with Crippen LogP contribution in [0.25, 0.3) is 0 Å². The van der Waals surface area contributed by atoms with E-state index in [4.69, 9.17) is 14.4 Å². The van der Waals surface area contributed by atoms with Crippen molar-refractivity contribution in [1.82, 2.24) is 0 Å². The zero-order valence-electron chi connectivity index (χ0n) is 9.60. The summed E-state index contributed by atoms with van der Waals surface area (Å²) >= 11 is 0. The SMILES string of the molecule is CCOC(=O)c1ccc(N(OC)OC)cc1. The molecule has 0 spiro atoms. The lowest BCUT2D eigenvalue weighted by molar-refractivity contribution is -0.0433. The van der Waals surface area contributed by atoms with Crippen molar-refractivity contribution in [3.05, 3.63) is 29.8 Å². The Morgan fingerprint density at radius 3 is 2.19 bits per heavy atom. The number of nitrogens with zero attached hydrogens (tertiary/aromatic N) is 1. The van der Waals surface area contributed by atoms with Gasteiger partial charge in [0, 0.05) is 0 Å². The molecular weight excluding hydrogens is 210 g/mol. The molecule has 0 saturated carbocycles. The number of ether oxygens (including phenoxy) is 1. The lowest BCUT2D eigenvalue weighted by atomic mass is 10.2.